The van der Waals surface area contributed by atoms with E-state index in [1.807, 2.05) is 0 Å². The van der Waals surface area contributed by atoms with Gasteiger partial charge in [0.2, 0.25) is 11.7 Å². The predicted octanol–water partition coefficient (Wildman–Crippen LogP) is 4.37. The van der Waals surface area contributed by atoms with Gasteiger partial charge >= 0.3 is 6.18 Å². The van der Waals surface area contributed by atoms with Crippen LogP contribution in [0.5, 0.6) is 0 Å². The molecule has 3 heterocycles. The first-order valence-corrected chi connectivity index (χ1v) is 10.2. The summed E-state index contributed by atoms with van der Waals surface area (Å²) in [5, 5.41) is 2.34. The Morgan fingerprint density at radius 3 is 2.35 bits per heavy atom. The molecule has 2 aromatic carbocycles. The van der Waals surface area contributed by atoms with E-state index in [1.165, 1.54) is 33.2 Å². The Bertz CT molecular complexity index is 1590. The number of nitrogens with zero attached hydrogens (tertiary/aromatic N) is 4. The van der Waals surface area contributed by atoms with Gasteiger partial charge in [-0.1, -0.05) is 30.3 Å². The molecule has 0 atom stereocenters. The highest BCUT2D eigenvalue weighted by Gasteiger charge is 2.33. The number of aromatic nitrogens is 4. The second-order valence-electron chi connectivity index (χ2n) is 7.50. The number of amides is 1. The van der Waals surface area contributed by atoms with Gasteiger partial charge in [0.05, 0.1) is 33.7 Å². The number of pyridine rings is 1. The number of halogens is 3. The smallest absolute Gasteiger partial charge is 0.324 e. The number of benzene rings is 2. The van der Waals surface area contributed by atoms with Gasteiger partial charge in [0.15, 0.2) is 0 Å². The minimum absolute atomic E-state index is 0.175. The Kier molecular flexibility index (Phi) is 5.12. The van der Waals surface area contributed by atoms with E-state index in [0.29, 0.717) is 22.4 Å². The van der Waals surface area contributed by atoms with Crippen molar-refractivity contribution in [2.45, 2.75) is 12.7 Å². The van der Waals surface area contributed by atoms with E-state index in [1.54, 1.807) is 48.7 Å². The third kappa shape index (κ3) is 3.79. The van der Waals surface area contributed by atoms with Gasteiger partial charge in [-0.2, -0.15) is 13.2 Å². The van der Waals surface area contributed by atoms with E-state index < -0.39 is 17.6 Å². The fourth-order valence-corrected chi connectivity index (χ4v) is 3.84. The number of carbonyl (C=O) groups is 1. The van der Waals surface area contributed by atoms with Crippen LogP contribution in [0.25, 0.3) is 28.2 Å². The zero-order chi connectivity index (χ0) is 23.9. The van der Waals surface area contributed by atoms with Crippen molar-refractivity contribution in [1.29, 1.82) is 0 Å². The quantitative estimate of drug-likeness (QED) is 0.429. The molecule has 5 rings (SSSR count). The molecule has 1 N–H and O–H groups in total. The molecule has 3 aromatic heterocycles. The van der Waals surface area contributed by atoms with Crippen LogP contribution in [0, 0.1) is 0 Å². The van der Waals surface area contributed by atoms with Crippen molar-refractivity contribution >= 4 is 28.4 Å². The van der Waals surface area contributed by atoms with E-state index in [-0.39, 0.29) is 23.6 Å². The number of anilines is 1. The van der Waals surface area contributed by atoms with Crippen molar-refractivity contribution in [3.63, 3.8) is 0 Å². The first kappa shape index (κ1) is 21.4. The highest BCUT2D eigenvalue weighted by atomic mass is 19.4. The van der Waals surface area contributed by atoms with Crippen LogP contribution in [0.15, 0.2) is 83.8 Å². The minimum Gasteiger partial charge on any atom is -0.324 e. The average molecular weight is 463 g/mol. The molecular weight excluding hydrogens is 447 g/mol. The number of carbonyl (C=O) groups excluding carboxylic acids is 1. The Balaban J connectivity index is 1.61. The molecule has 0 aliphatic carbocycles. The van der Waals surface area contributed by atoms with Crippen LogP contribution >= 0.6 is 0 Å². The largest absolute Gasteiger partial charge is 0.418 e. The molecule has 0 spiro atoms. The molecule has 5 aromatic rings. The SMILES string of the molecule is O=C(Cn1c2ccccc2n2c(=O)cc(-c3ccccn3)nc12)Nc1ccccc1C(F)(F)F. The summed E-state index contributed by atoms with van der Waals surface area (Å²) in [7, 11) is 0. The molecule has 0 aliphatic heterocycles. The Labute approximate surface area is 190 Å². The average Bonchev–Trinajstić information content (AvgIpc) is 3.13. The topological polar surface area (TPSA) is 81.3 Å². The standard InChI is InChI=1S/C24H16F3N5O2/c25-24(26,27)15-7-1-2-8-16(15)29-21(33)14-31-19-10-3-4-11-20(19)32-22(34)13-18(30-23(31)32)17-9-5-6-12-28-17/h1-13H,14H2,(H,29,33). The van der Waals surface area contributed by atoms with Crippen LogP contribution in [-0.4, -0.2) is 24.8 Å². The third-order valence-corrected chi connectivity index (χ3v) is 5.29. The Morgan fingerprint density at radius 1 is 0.912 bits per heavy atom. The molecule has 0 fully saturated rings. The van der Waals surface area contributed by atoms with E-state index >= 15 is 0 Å². The highest BCUT2D eigenvalue weighted by Crippen LogP contribution is 2.34. The monoisotopic (exact) mass is 463 g/mol. The normalized spacial score (nSPS) is 11.7. The lowest BCUT2D eigenvalue weighted by atomic mass is 10.1. The van der Waals surface area contributed by atoms with Crippen molar-refractivity contribution in [1.82, 2.24) is 18.9 Å². The lowest BCUT2D eigenvalue weighted by Gasteiger charge is -2.14. The second kappa shape index (κ2) is 8.14. The Hall–Kier alpha value is -4.47. The first-order valence-electron chi connectivity index (χ1n) is 10.2. The van der Waals surface area contributed by atoms with Crippen molar-refractivity contribution in [2.24, 2.45) is 0 Å². The van der Waals surface area contributed by atoms with Crippen LogP contribution < -0.4 is 10.9 Å². The van der Waals surface area contributed by atoms with Gasteiger partial charge in [0.1, 0.15) is 6.54 Å². The van der Waals surface area contributed by atoms with E-state index in [4.69, 9.17) is 0 Å². The van der Waals surface area contributed by atoms with Gasteiger partial charge in [-0.05, 0) is 36.4 Å². The van der Waals surface area contributed by atoms with Gasteiger partial charge in [-0.3, -0.25) is 14.6 Å². The van der Waals surface area contributed by atoms with Gasteiger partial charge in [0.25, 0.3) is 5.56 Å². The number of hydrogen-bond donors (Lipinski definition) is 1. The lowest BCUT2D eigenvalue weighted by Crippen LogP contribution is -2.22. The lowest BCUT2D eigenvalue weighted by molar-refractivity contribution is -0.137. The van der Waals surface area contributed by atoms with Gasteiger partial charge in [0, 0.05) is 12.3 Å². The van der Waals surface area contributed by atoms with E-state index in [2.05, 4.69) is 15.3 Å². The molecule has 1 amide bonds. The fraction of sp³-hybridized carbons (Fsp3) is 0.0833. The zero-order valence-corrected chi connectivity index (χ0v) is 17.5. The molecule has 0 aliphatic rings. The molecule has 10 heteroatoms. The molecule has 0 radical (unpaired) electrons. The van der Waals surface area contributed by atoms with E-state index in [0.717, 1.165) is 6.07 Å². The molecule has 0 bridgehead atoms. The third-order valence-electron chi connectivity index (χ3n) is 5.29. The summed E-state index contributed by atoms with van der Waals surface area (Å²) in [6, 6.07) is 18.2. The maximum Gasteiger partial charge on any atom is 0.418 e. The summed E-state index contributed by atoms with van der Waals surface area (Å²) in [4.78, 5) is 34.6. The number of rotatable bonds is 4. The number of para-hydroxylation sites is 3. The van der Waals surface area contributed by atoms with Gasteiger partial charge in [-0.25, -0.2) is 9.38 Å². The summed E-state index contributed by atoms with van der Waals surface area (Å²) < 4.78 is 42.9. The van der Waals surface area contributed by atoms with Crippen LogP contribution in [0.3, 0.4) is 0 Å². The van der Waals surface area contributed by atoms with Crippen LogP contribution in [0.1, 0.15) is 5.56 Å². The predicted molar refractivity (Wildman–Crippen MR) is 120 cm³/mol. The Morgan fingerprint density at radius 2 is 1.62 bits per heavy atom. The van der Waals surface area contributed by atoms with Gasteiger partial charge < -0.3 is 9.88 Å². The minimum atomic E-state index is -4.62. The van der Waals surface area contributed by atoms with Crippen molar-refractivity contribution < 1.29 is 18.0 Å². The molecular formula is C24H16F3N5O2. The molecule has 170 valence electrons. The van der Waals surface area contributed by atoms with Crippen molar-refractivity contribution in [3.05, 3.63) is 94.9 Å². The second-order valence-corrected chi connectivity index (χ2v) is 7.50. The van der Waals surface area contributed by atoms with Gasteiger partial charge in [-0.15, -0.1) is 0 Å². The van der Waals surface area contributed by atoms with Crippen LogP contribution in [0.2, 0.25) is 0 Å². The molecule has 0 unspecified atom stereocenters. The fourth-order valence-electron chi connectivity index (χ4n) is 3.84. The maximum atomic E-state index is 13.3. The molecule has 0 saturated carbocycles. The number of nitrogens with one attached hydrogen (secondary N) is 1. The summed E-state index contributed by atoms with van der Waals surface area (Å²) in [6.45, 7) is -0.360. The first-order chi connectivity index (χ1) is 16.3. The summed E-state index contributed by atoms with van der Waals surface area (Å²) in [6.07, 6.45) is -3.05. The summed E-state index contributed by atoms with van der Waals surface area (Å²) in [5.41, 5.74) is 0.177. The number of imidazole rings is 1. The number of alkyl halides is 3. The van der Waals surface area contributed by atoms with Crippen molar-refractivity contribution in [3.8, 4) is 11.4 Å². The maximum absolute atomic E-state index is 13.3. The molecule has 7 nitrogen and oxygen atoms in total. The van der Waals surface area contributed by atoms with Crippen LogP contribution in [0.4, 0.5) is 18.9 Å². The molecule has 34 heavy (non-hydrogen) atoms. The van der Waals surface area contributed by atoms with Crippen LogP contribution in [-0.2, 0) is 17.5 Å². The summed E-state index contributed by atoms with van der Waals surface area (Å²) in [5.74, 6) is -0.522. The van der Waals surface area contributed by atoms with Crippen molar-refractivity contribution in [2.75, 3.05) is 5.32 Å². The highest BCUT2D eigenvalue weighted by molar-refractivity contribution is 5.93. The number of fused-ring (bicyclic) bond motifs is 3. The number of hydrogen-bond acceptors (Lipinski definition) is 4. The molecule has 0 saturated heterocycles. The van der Waals surface area contributed by atoms with E-state index in [9.17, 15) is 22.8 Å². The summed E-state index contributed by atoms with van der Waals surface area (Å²) >= 11 is 0. The zero-order valence-electron chi connectivity index (χ0n) is 17.5.